The SMILES string of the molecule is CC(C)N(C)CCNc1nccn(C(C)C)c1=O. The second-order valence-corrected chi connectivity index (χ2v) is 5.08. The number of nitrogens with zero attached hydrogens (tertiary/aromatic N) is 3. The third-order valence-electron chi connectivity index (χ3n) is 3.06. The van der Waals surface area contributed by atoms with E-state index < -0.39 is 0 Å². The molecule has 0 atom stereocenters. The second-order valence-electron chi connectivity index (χ2n) is 5.08. The van der Waals surface area contributed by atoms with E-state index in [0.717, 1.165) is 13.1 Å². The first-order valence-corrected chi connectivity index (χ1v) is 6.44. The first kappa shape index (κ1) is 14.7. The zero-order valence-electron chi connectivity index (χ0n) is 12.0. The largest absolute Gasteiger partial charge is 0.364 e. The summed E-state index contributed by atoms with van der Waals surface area (Å²) in [5.41, 5.74) is -0.0558. The van der Waals surface area contributed by atoms with Gasteiger partial charge in [0.05, 0.1) is 0 Å². The van der Waals surface area contributed by atoms with E-state index in [1.807, 2.05) is 13.8 Å². The Balaban J connectivity index is 2.63. The number of hydrogen-bond acceptors (Lipinski definition) is 4. The molecule has 0 unspecified atom stereocenters. The molecule has 1 N–H and O–H groups in total. The van der Waals surface area contributed by atoms with E-state index in [0.29, 0.717) is 11.9 Å². The van der Waals surface area contributed by atoms with Crippen molar-refractivity contribution < 1.29 is 0 Å². The molecule has 102 valence electrons. The van der Waals surface area contributed by atoms with Crippen LogP contribution in [0, 0.1) is 0 Å². The van der Waals surface area contributed by atoms with Crippen LogP contribution in [0.2, 0.25) is 0 Å². The van der Waals surface area contributed by atoms with Crippen LogP contribution in [0.15, 0.2) is 17.2 Å². The minimum absolute atomic E-state index is 0.0558. The monoisotopic (exact) mass is 252 g/mol. The van der Waals surface area contributed by atoms with Gasteiger partial charge in [-0.1, -0.05) is 0 Å². The summed E-state index contributed by atoms with van der Waals surface area (Å²) in [5, 5.41) is 3.11. The third kappa shape index (κ3) is 3.84. The molecule has 0 fully saturated rings. The predicted molar refractivity (Wildman–Crippen MR) is 75.1 cm³/mol. The summed E-state index contributed by atoms with van der Waals surface area (Å²) >= 11 is 0. The average Bonchev–Trinajstić information content (AvgIpc) is 2.30. The van der Waals surface area contributed by atoms with E-state index in [2.05, 4.69) is 36.1 Å². The summed E-state index contributed by atoms with van der Waals surface area (Å²) in [6, 6.07) is 0.655. The van der Waals surface area contributed by atoms with E-state index in [1.54, 1.807) is 17.0 Å². The van der Waals surface area contributed by atoms with Crippen LogP contribution in [0.3, 0.4) is 0 Å². The quantitative estimate of drug-likeness (QED) is 0.835. The molecule has 0 saturated carbocycles. The molecule has 0 spiro atoms. The topological polar surface area (TPSA) is 50.2 Å². The molecule has 0 saturated heterocycles. The predicted octanol–water partition coefficient (Wildman–Crippen LogP) is 1.58. The normalized spacial score (nSPS) is 11.6. The molecule has 0 bridgehead atoms. The highest BCUT2D eigenvalue weighted by Gasteiger charge is 2.07. The van der Waals surface area contributed by atoms with Gasteiger partial charge >= 0.3 is 0 Å². The Bertz CT molecular complexity index is 425. The lowest BCUT2D eigenvalue weighted by Gasteiger charge is -2.21. The van der Waals surface area contributed by atoms with Crippen LogP contribution in [0.4, 0.5) is 5.82 Å². The van der Waals surface area contributed by atoms with Gasteiger partial charge in [0, 0.05) is 37.6 Å². The Hall–Kier alpha value is -1.36. The lowest BCUT2D eigenvalue weighted by molar-refractivity contribution is 0.284. The van der Waals surface area contributed by atoms with Crippen molar-refractivity contribution in [1.29, 1.82) is 0 Å². The van der Waals surface area contributed by atoms with E-state index in [-0.39, 0.29) is 11.6 Å². The minimum atomic E-state index is -0.0558. The number of nitrogens with one attached hydrogen (secondary N) is 1. The summed E-state index contributed by atoms with van der Waals surface area (Å²) in [6.07, 6.45) is 3.38. The van der Waals surface area contributed by atoms with Crippen LogP contribution in [0.1, 0.15) is 33.7 Å². The molecule has 5 nitrogen and oxygen atoms in total. The fourth-order valence-electron chi connectivity index (χ4n) is 1.56. The van der Waals surface area contributed by atoms with Crippen LogP contribution in [-0.2, 0) is 0 Å². The van der Waals surface area contributed by atoms with Crippen molar-refractivity contribution in [2.75, 3.05) is 25.5 Å². The zero-order chi connectivity index (χ0) is 13.7. The molecule has 1 aromatic rings. The Labute approximate surface area is 109 Å². The maximum absolute atomic E-state index is 12.0. The van der Waals surface area contributed by atoms with Gasteiger partial charge in [-0.05, 0) is 34.7 Å². The fourth-order valence-corrected chi connectivity index (χ4v) is 1.56. The fraction of sp³-hybridized carbons (Fsp3) is 0.692. The van der Waals surface area contributed by atoms with Crippen molar-refractivity contribution in [3.63, 3.8) is 0 Å². The molecule has 1 aromatic heterocycles. The summed E-state index contributed by atoms with van der Waals surface area (Å²) in [5.74, 6) is 0.434. The minimum Gasteiger partial charge on any atom is -0.364 e. The molecule has 0 amide bonds. The van der Waals surface area contributed by atoms with E-state index in [1.165, 1.54) is 0 Å². The van der Waals surface area contributed by atoms with Gasteiger partial charge in [-0.3, -0.25) is 4.79 Å². The molecule has 0 aromatic carbocycles. The van der Waals surface area contributed by atoms with Gasteiger partial charge in [0.25, 0.3) is 5.56 Å². The lowest BCUT2D eigenvalue weighted by atomic mass is 10.3. The molecule has 0 aliphatic carbocycles. The smallest absolute Gasteiger partial charge is 0.293 e. The van der Waals surface area contributed by atoms with Gasteiger partial charge in [0.2, 0.25) is 0 Å². The van der Waals surface area contributed by atoms with Crippen molar-refractivity contribution in [3.8, 4) is 0 Å². The lowest BCUT2D eigenvalue weighted by Crippen LogP contribution is -2.33. The van der Waals surface area contributed by atoms with Gasteiger partial charge in [0.15, 0.2) is 5.82 Å². The third-order valence-corrected chi connectivity index (χ3v) is 3.06. The van der Waals surface area contributed by atoms with E-state index in [4.69, 9.17) is 0 Å². The second kappa shape index (κ2) is 6.54. The maximum Gasteiger partial charge on any atom is 0.293 e. The van der Waals surface area contributed by atoms with Gasteiger partial charge in [-0.2, -0.15) is 0 Å². The number of anilines is 1. The van der Waals surface area contributed by atoms with Crippen molar-refractivity contribution in [3.05, 3.63) is 22.7 Å². The Morgan fingerprint density at radius 1 is 1.39 bits per heavy atom. The summed E-state index contributed by atoms with van der Waals surface area (Å²) in [4.78, 5) is 18.4. The molecule has 0 aliphatic heterocycles. The zero-order valence-corrected chi connectivity index (χ0v) is 12.0. The maximum atomic E-state index is 12.0. The number of likely N-dealkylation sites (N-methyl/N-ethyl adjacent to an activating group) is 1. The molecule has 18 heavy (non-hydrogen) atoms. The van der Waals surface area contributed by atoms with Gasteiger partial charge < -0.3 is 14.8 Å². The summed E-state index contributed by atoms with van der Waals surface area (Å²) in [7, 11) is 2.07. The molecule has 1 heterocycles. The first-order chi connectivity index (χ1) is 8.43. The van der Waals surface area contributed by atoms with Crippen LogP contribution >= 0.6 is 0 Å². The first-order valence-electron chi connectivity index (χ1n) is 6.44. The van der Waals surface area contributed by atoms with Crippen LogP contribution < -0.4 is 10.9 Å². The van der Waals surface area contributed by atoms with Crippen molar-refractivity contribution in [2.24, 2.45) is 0 Å². The number of aromatic nitrogens is 2. The Morgan fingerprint density at radius 2 is 2.06 bits per heavy atom. The van der Waals surface area contributed by atoms with Gasteiger partial charge in [-0.15, -0.1) is 0 Å². The molecular weight excluding hydrogens is 228 g/mol. The Morgan fingerprint density at radius 3 is 2.61 bits per heavy atom. The van der Waals surface area contributed by atoms with Crippen LogP contribution in [0.5, 0.6) is 0 Å². The summed E-state index contributed by atoms with van der Waals surface area (Å²) in [6.45, 7) is 9.86. The standard InChI is InChI=1S/C13H24N4O/c1-10(2)16(5)8-6-14-12-13(18)17(11(3)4)9-7-15-12/h7,9-11H,6,8H2,1-5H3,(H,14,15). The molecule has 5 heteroatoms. The van der Waals surface area contributed by atoms with Crippen molar-refractivity contribution in [1.82, 2.24) is 14.5 Å². The highest BCUT2D eigenvalue weighted by Crippen LogP contribution is 2.01. The van der Waals surface area contributed by atoms with E-state index in [9.17, 15) is 4.79 Å². The van der Waals surface area contributed by atoms with Crippen LogP contribution in [0.25, 0.3) is 0 Å². The molecule has 0 aliphatic rings. The van der Waals surface area contributed by atoms with E-state index >= 15 is 0 Å². The van der Waals surface area contributed by atoms with Crippen molar-refractivity contribution >= 4 is 5.82 Å². The van der Waals surface area contributed by atoms with Gasteiger partial charge in [-0.25, -0.2) is 4.98 Å². The highest BCUT2D eigenvalue weighted by molar-refractivity contribution is 5.30. The number of hydrogen-bond donors (Lipinski definition) is 1. The van der Waals surface area contributed by atoms with Gasteiger partial charge in [0.1, 0.15) is 0 Å². The molecule has 1 rings (SSSR count). The van der Waals surface area contributed by atoms with Crippen LogP contribution in [-0.4, -0.2) is 40.6 Å². The summed E-state index contributed by atoms with van der Waals surface area (Å²) < 4.78 is 1.68. The molecule has 0 radical (unpaired) electrons. The number of rotatable bonds is 6. The Kier molecular flexibility index (Phi) is 5.34. The van der Waals surface area contributed by atoms with Crippen molar-refractivity contribution in [2.45, 2.75) is 39.8 Å². The molecular formula is C13H24N4O. The highest BCUT2D eigenvalue weighted by atomic mass is 16.1. The average molecular weight is 252 g/mol.